The number of hydrogen-bond acceptors (Lipinski definition) is 3. The van der Waals surface area contributed by atoms with E-state index in [4.69, 9.17) is 11.5 Å². The van der Waals surface area contributed by atoms with Gasteiger partial charge in [-0.05, 0) is 24.6 Å². The molecule has 0 fully saturated rings. The molecule has 4 N–H and O–H groups in total. The highest BCUT2D eigenvalue weighted by molar-refractivity contribution is 5.98. The maximum atomic E-state index is 11.9. The minimum atomic E-state index is -0.544. The van der Waals surface area contributed by atoms with Crippen molar-refractivity contribution in [2.75, 3.05) is 19.3 Å². The van der Waals surface area contributed by atoms with Gasteiger partial charge in [0.05, 0.1) is 6.54 Å². The van der Waals surface area contributed by atoms with E-state index in [9.17, 15) is 9.59 Å². The topological polar surface area (TPSA) is 89.4 Å². The zero-order valence-corrected chi connectivity index (χ0v) is 9.36. The normalized spacial score (nSPS) is 9.88. The van der Waals surface area contributed by atoms with Crippen LogP contribution >= 0.6 is 0 Å². The van der Waals surface area contributed by atoms with Gasteiger partial charge < -0.3 is 16.4 Å². The van der Waals surface area contributed by atoms with Crippen molar-refractivity contribution in [3.8, 4) is 0 Å². The highest BCUT2D eigenvalue weighted by atomic mass is 16.2. The average molecular weight is 221 g/mol. The fourth-order valence-corrected chi connectivity index (χ4v) is 1.38. The first-order valence-electron chi connectivity index (χ1n) is 4.81. The van der Waals surface area contributed by atoms with Crippen LogP contribution in [0, 0.1) is 6.92 Å². The predicted molar refractivity (Wildman–Crippen MR) is 61.7 cm³/mol. The number of hydrogen-bond donors (Lipinski definition) is 2. The molecule has 0 unspecified atom stereocenters. The molecule has 0 aromatic heterocycles. The van der Waals surface area contributed by atoms with E-state index in [0.717, 1.165) is 5.56 Å². The van der Waals surface area contributed by atoms with Crippen LogP contribution in [-0.2, 0) is 4.79 Å². The van der Waals surface area contributed by atoms with Gasteiger partial charge >= 0.3 is 0 Å². The Morgan fingerprint density at radius 2 is 2.00 bits per heavy atom. The molecule has 0 heterocycles. The lowest BCUT2D eigenvalue weighted by molar-refractivity contribution is -0.118. The number of primary amides is 1. The molecule has 0 saturated heterocycles. The Kier molecular flexibility index (Phi) is 3.50. The van der Waals surface area contributed by atoms with Gasteiger partial charge in [0.1, 0.15) is 0 Å². The van der Waals surface area contributed by atoms with Crippen LogP contribution in [0.3, 0.4) is 0 Å². The lowest BCUT2D eigenvalue weighted by Crippen LogP contribution is -2.35. The second-order valence-electron chi connectivity index (χ2n) is 3.70. The minimum Gasteiger partial charge on any atom is -0.399 e. The lowest BCUT2D eigenvalue weighted by Gasteiger charge is -2.16. The molecular weight excluding hydrogens is 206 g/mol. The summed E-state index contributed by atoms with van der Waals surface area (Å²) in [5.74, 6) is -0.805. The molecule has 16 heavy (non-hydrogen) atoms. The van der Waals surface area contributed by atoms with Crippen LogP contribution in [0.2, 0.25) is 0 Å². The first-order chi connectivity index (χ1) is 7.41. The Labute approximate surface area is 94.0 Å². The number of benzene rings is 1. The van der Waals surface area contributed by atoms with E-state index in [2.05, 4.69) is 0 Å². The fourth-order valence-electron chi connectivity index (χ4n) is 1.38. The molecule has 2 amide bonds. The maximum absolute atomic E-state index is 11.9. The molecule has 0 aliphatic rings. The minimum absolute atomic E-state index is 0.104. The summed E-state index contributed by atoms with van der Waals surface area (Å²) >= 11 is 0. The summed E-state index contributed by atoms with van der Waals surface area (Å²) < 4.78 is 0. The molecule has 5 heteroatoms. The quantitative estimate of drug-likeness (QED) is 0.711. The Bertz CT molecular complexity index is 429. The highest BCUT2D eigenvalue weighted by Crippen LogP contribution is 2.14. The number of nitrogens with two attached hydrogens (primary N) is 2. The summed E-state index contributed by atoms with van der Waals surface area (Å²) in [5, 5.41) is 0. The maximum Gasteiger partial charge on any atom is 0.254 e. The van der Waals surface area contributed by atoms with Crippen LogP contribution in [0.1, 0.15) is 15.9 Å². The van der Waals surface area contributed by atoms with Crippen molar-refractivity contribution < 1.29 is 9.59 Å². The highest BCUT2D eigenvalue weighted by Gasteiger charge is 2.15. The first kappa shape index (κ1) is 12.0. The van der Waals surface area contributed by atoms with Crippen molar-refractivity contribution in [1.82, 2.24) is 4.90 Å². The molecule has 0 radical (unpaired) electrons. The van der Waals surface area contributed by atoms with Gasteiger partial charge in [-0.1, -0.05) is 6.07 Å². The lowest BCUT2D eigenvalue weighted by atomic mass is 10.1. The summed E-state index contributed by atoms with van der Waals surface area (Å²) in [6.07, 6.45) is 0. The van der Waals surface area contributed by atoms with Crippen LogP contribution in [0.5, 0.6) is 0 Å². The number of carbonyl (C=O) groups excluding carboxylic acids is 2. The number of anilines is 1. The molecular formula is C11H15N3O2. The Morgan fingerprint density at radius 3 is 2.56 bits per heavy atom. The first-order valence-corrected chi connectivity index (χ1v) is 4.81. The fraction of sp³-hybridized carbons (Fsp3) is 0.273. The third-order valence-electron chi connectivity index (χ3n) is 2.23. The Balaban J connectivity index is 2.95. The number of likely N-dealkylation sites (N-methyl/N-ethyl adjacent to an activating group) is 1. The third kappa shape index (κ3) is 2.73. The standard InChI is InChI=1S/C11H15N3O2/c1-7-3-4-8(12)5-9(7)11(16)14(2)6-10(13)15/h3-5H,6,12H2,1-2H3,(H2,13,15). The van der Waals surface area contributed by atoms with Crippen LogP contribution < -0.4 is 11.5 Å². The van der Waals surface area contributed by atoms with E-state index < -0.39 is 5.91 Å². The smallest absolute Gasteiger partial charge is 0.254 e. The van der Waals surface area contributed by atoms with Gasteiger partial charge in [0.25, 0.3) is 5.91 Å². The predicted octanol–water partition coefficient (Wildman–Crippen LogP) is 0.135. The van der Waals surface area contributed by atoms with Crippen molar-refractivity contribution in [3.63, 3.8) is 0 Å². The molecule has 1 rings (SSSR count). The molecule has 0 aliphatic heterocycles. The SMILES string of the molecule is Cc1ccc(N)cc1C(=O)N(C)CC(N)=O. The second-order valence-corrected chi connectivity index (χ2v) is 3.70. The summed E-state index contributed by atoms with van der Waals surface area (Å²) in [7, 11) is 1.52. The molecule has 5 nitrogen and oxygen atoms in total. The van der Waals surface area contributed by atoms with E-state index in [1.807, 2.05) is 6.92 Å². The van der Waals surface area contributed by atoms with E-state index >= 15 is 0 Å². The molecule has 0 spiro atoms. The van der Waals surface area contributed by atoms with E-state index in [-0.39, 0.29) is 12.5 Å². The van der Waals surface area contributed by atoms with Crippen molar-refractivity contribution in [3.05, 3.63) is 29.3 Å². The van der Waals surface area contributed by atoms with Crippen LogP contribution in [-0.4, -0.2) is 30.3 Å². The summed E-state index contributed by atoms with van der Waals surface area (Å²) in [4.78, 5) is 23.9. The van der Waals surface area contributed by atoms with Crippen molar-refractivity contribution in [1.29, 1.82) is 0 Å². The van der Waals surface area contributed by atoms with Gasteiger partial charge in [-0.15, -0.1) is 0 Å². The molecule has 0 saturated carbocycles. The number of nitrogen functional groups attached to an aromatic ring is 1. The van der Waals surface area contributed by atoms with E-state index in [0.29, 0.717) is 11.3 Å². The van der Waals surface area contributed by atoms with Gasteiger partial charge in [-0.2, -0.15) is 0 Å². The van der Waals surface area contributed by atoms with Crippen LogP contribution in [0.15, 0.2) is 18.2 Å². The molecule has 0 atom stereocenters. The van der Waals surface area contributed by atoms with Crippen molar-refractivity contribution in [2.24, 2.45) is 5.73 Å². The number of carbonyl (C=O) groups is 2. The van der Waals surface area contributed by atoms with Gasteiger partial charge in [0.2, 0.25) is 5.91 Å². The van der Waals surface area contributed by atoms with Gasteiger partial charge in [0, 0.05) is 18.3 Å². The van der Waals surface area contributed by atoms with Gasteiger partial charge in [-0.3, -0.25) is 9.59 Å². The number of nitrogens with zero attached hydrogens (tertiary/aromatic N) is 1. The number of amides is 2. The summed E-state index contributed by atoms with van der Waals surface area (Å²) in [6, 6.07) is 5.08. The van der Waals surface area contributed by atoms with Crippen molar-refractivity contribution >= 4 is 17.5 Å². The molecule has 0 bridgehead atoms. The third-order valence-corrected chi connectivity index (χ3v) is 2.23. The number of rotatable bonds is 3. The molecule has 0 aliphatic carbocycles. The van der Waals surface area contributed by atoms with Gasteiger partial charge in [-0.25, -0.2) is 0 Å². The largest absolute Gasteiger partial charge is 0.399 e. The Hall–Kier alpha value is -2.04. The number of aryl methyl sites for hydroxylation is 1. The summed E-state index contributed by atoms with van der Waals surface area (Å²) in [5.41, 5.74) is 12.4. The van der Waals surface area contributed by atoms with Gasteiger partial charge in [0.15, 0.2) is 0 Å². The second kappa shape index (κ2) is 4.65. The zero-order valence-electron chi connectivity index (χ0n) is 9.36. The zero-order chi connectivity index (χ0) is 12.3. The van der Waals surface area contributed by atoms with Crippen LogP contribution in [0.4, 0.5) is 5.69 Å². The molecule has 1 aromatic carbocycles. The Morgan fingerprint density at radius 1 is 1.38 bits per heavy atom. The average Bonchev–Trinajstić information content (AvgIpc) is 2.19. The van der Waals surface area contributed by atoms with E-state index in [1.165, 1.54) is 11.9 Å². The van der Waals surface area contributed by atoms with E-state index in [1.54, 1.807) is 18.2 Å². The van der Waals surface area contributed by atoms with Crippen molar-refractivity contribution in [2.45, 2.75) is 6.92 Å². The molecule has 86 valence electrons. The summed E-state index contributed by atoms with van der Waals surface area (Å²) in [6.45, 7) is 1.71. The monoisotopic (exact) mass is 221 g/mol. The van der Waals surface area contributed by atoms with Crippen LogP contribution in [0.25, 0.3) is 0 Å². The molecule has 1 aromatic rings.